The first kappa shape index (κ1) is 24.2. The van der Waals surface area contributed by atoms with Gasteiger partial charge in [-0.1, -0.05) is 48.5 Å². The van der Waals surface area contributed by atoms with Gasteiger partial charge in [-0.2, -0.15) is 0 Å². The van der Waals surface area contributed by atoms with Crippen LogP contribution in [0.2, 0.25) is 0 Å². The number of aromatic nitrogens is 3. The van der Waals surface area contributed by atoms with Gasteiger partial charge in [0.05, 0.1) is 25.4 Å². The molecule has 0 saturated carbocycles. The second-order valence-corrected chi connectivity index (χ2v) is 8.73. The molecular formula is C28H28N6O3. The number of hydrogen-bond donors (Lipinski definition) is 1. The number of benzene rings is 3. The number of nitrogens with zero attached hydrogens (tertiary/aromatic N) is 5. The van der Waals surface area contributed by atoms with Crippen molar-refractivity contribution in [2.75, 3.05) is 50.1 Å². The van der Waals surface area contributed by atoms with Gasteiger partial charge in [0.25, 0.3) is 5.91 Å². The summed E-state index contributed by atoms with van der Waals surface area (Å²) in [5, 5.41) is 7.35. The lowest BCUT2D eigenvalue weighted by Gasteiger charge is -2.28. The molecule has 2 heterocycles. The maximum absolute atomic E-state index is 13.2. The predicted octanol–water partition coefficient (Wildman–Crippen LogP) is 3.48. The first-order chi connectivity index (χ1) is 18.1. The molecule has 0 bridgehead atoms. The van der Waals surface area contributed by atoms with E-state index in [1.54, 1.807) is 11.7 Å². The molecule has 1 aliphatic rings. The molecule has 188 valence electrons. The Morgan fingerprint density at radius 2 is 1.54 bits per heavy atom. The lowest BCUT2D eigenvalue weighted by atomic mass is 10.2. The molecule has 1 aromatic heterocycles. The van der Waals surface area contributed by atoms with E-state index >= 15 is 0 Å². The number of ether oxygens (including phenoxy) is 1. The van der Waals surface area contributed by atoms with Gasteiger partial charge in [0.1, 0.15) is 0 Å². The van der Waals surface area contributed by atoms with Gasteiger partial charge >= 0.3 is 0 Å². The third kappa shape index (κ3) is 5.68. The first-order valence-corrected chi connectivity index (χ1v) is 12.1. The molecule has 1 N–H and O–H groups in total. The highest BCUT2D eigenvalue weighted by molar-refractivity contribution is 5.97. The number of rotatable bonds is 7. The molecule has 5 rings (SSSR count). The number of carbonyl (C=O) groups excluding carboxylic acids is 2. The Hall–Kier alpha value is -4.50. The molecule has 0 spiro atoms. The molecule has 2 amide bonds. The monoisotopic (exact) mass is 496 g/mol. The smallest absolute Gasteiger partial charge is 0.293 e. The summed E-state index contributed by atoms with van der Waals surface area (Å²) in [5.41, 5.74) is 3.37. The Morgan fingerprint density at radius 1 is 0.892 bits per heavy atom. The van der Waals surface area contributed by atoms with Crippen molar-refractivity contribution in [1.82, 2.24) is 19.7 Å². The van der Waals surface area contributed by atoms with Crippen LogP contribution in [-0.2, 0) is 9.53 Å². The number of morpholine rings is 1. The third-order valence-electron chi connectivity index (χ3n) is 6.09. The van der Waals surface area contributed by atoms with Gasteiger partial charge in [-0.3, -0.25) is 9.59 Å². The second-order valence-electron chi connectivity index (χ2n) is 8.73. The summed E-state index contributed by atoms with van der Waals surface area (Å²) in [7, 11) is 1.56. The fourth-order valence-corrected chi connectivity index (χ4v) is 4.16. The molecule has 0 atom stereocenters. The number of hydrogen-bond acceptors (Lipinski definition) is 6. The van der Waals surface area contributed by atoms with E-state index in [0.717, 1.165) is 30.0 Å². The third-order valence-corrected chi connectivity index (χ3v) is 6.09. The molecule has 1 fully saturated rings. The summed E-state index contributed by atoms with van der Waals surface area (Å²) in [6.45, 7) is 2.98. The van der Waals surface area contributed by atoms with E-state index in [9.17, 15) is 9.59 Å². The summed E-state index contributed by atoms with van der Waals surface area (Å²) in [4.78, 5) is 34.0. The molecule has 3 aromatic carbocycles. The van der Waals surface area contributed by atoms with Crippen LogP contribution in [-0.4, -0.2) is 71.4 Å². The highest BCUT2D eigenvalue weighted by Crippen LogP contribution is 2.22. The number of para-hydroxylation sites is 1. The standard InChI is InChI=1S/C28H28N6O3/c1-32(20-25(35)29-22-12-14-23(15-13-22)33-16-18-37-19-17-33)28(36)26-30-27(21-8-4-2-5-9-21)34(31-26)24-10-6-3-7-11-24/h2-15H,16-20H2,1H3,(H,29,35). The lowest BCUT2D eigenvalue weighted by molar-refractivity contribution is -0.116. The molecule has 37 heavy (non-hydrogen) atoms. The number of likely N-dealkylation sites (N-methyl/N-ethyl adjacent to an activating group) is 1. The van der Waals surface area contributed by atoms with Gasteiger partial charge in [-0.25, -0.2) is 9.67 Å². The Bertz CT molecular complexity index is 1290. The van der Waals surface area contributed by atoms with Crippen LogP contribution in [0.1, 0.15) is 10.6 Å². The van der Waals surface area contributed by atoms with Crippen LogP contribution in [0.3, 0.4) is 0 Å². The van der Waals surface area contributed by atoms with Crippen molar-refractivity contribution in [2.24, 2.45) is 0 Å². The highest BCUT2D eigenvalue weighted by Gasteiger charge is 2.23. The van der Waals surface area contributed by atoms with Gasteiger partial charge in [-0.05, 0) is 36.4 Å². The molecule has 0 unspecified atom stereocenters. The minimum absolute atomic E-state index is 0.0212. The Kier molecular flexibility index (Phi) is 7.23. The van der Waals surface area contributed by atoms with Crippen molar-refractivity contribution in [3.8, 4) is 17.1 Å². The van der Waals surface area contributed by atoms with E-state index in [0.29, 0.717) is 24.7 Å². The molecule has 9 nitrogen and oxygen atoms in total. The number of nitrogens with one attached hydrogen (secondary N) is 1. The van der Waals surface area contributed by atoms with E-state index in [2.05, 4.69) is 20.3 Å². The zero-order chi connectivity index (χ0) is 25.6. The normalized spacial score (nSPS) is 13.3. The Morgan fingerprint density at radius 3 is 2.22 bits per heavy atom. The summed E-state index contributed by atoms with van der Waals surface area (Å²) in [6.07, 6.45) is 0. The van der Waals surface area contributed by atoms with Gasteiger partial charge in [-0.15, -0.1) is 5.10 Å². The number of carbonyl (C=O) groups is 2. The van der Waals surface area contributed by atoms with Gasteiger partial charge in [0.15, 0.2) is 5.82 Å². The van der Waals surface area contributed by atoms with Crippen LogP contribution in [0.4, 0.5) is 11.4 Å². The average molecular weight is 497 g/mol. The van der Waals surface area contributed by atoms with Crippen molar-refractivity contribution < 1.29 is 14.3 Å². The number of anilines is 2. The van der Waals surface area contributed by atoms with Crippen molar-refractivity contribution in [3.05, 3.63) is 90.8 Å². The maximum Gasteiger partial charge on any atom is 0.293 e. The second kappa shape index (κ2) is 11.0. The van der Waals surface area contributed by atoms with Crippen LogP contribution in [0.15, 0.2) is 84.9 Å². The van der Waals surface area contributed by atoms with Crippen LogP contribution in [0, 0.1) is 0 Å². The van der Waals surface area contributed by atoms with E-state index in [-0.39, 0.29) is 18.3 Å². The molecule has 0 radical (unpaired) electrons. The van der Waals surface area contributed by atoms with Crippen molar-refractivity contribution >= 4 is 23.2 Å². The van der Waals surface area contributed by atoms with Crippen molar-refractivity contribution in [2.45, 2.75) is 0 Å². The van der Waals surface area contributed by atoms with Crippen molar-refractivity contribution in [1.29, 1.82) is 0 Å². The zero-order valence-electron chi connectivity index (χ0n) is 20.6. The predicted molar refractivity (Wildman–Crippen MR) is 142 cm³/mol. The summed E-state index contributed by atoms with van der Waals surface area (Å²) in [5.74, 6) is -0.174. The number of amides is 2. The zero-order valence-corrected chi connectivity index (χ0v) is 20.6. The van der Waals surface area contributed by atoms with Crippen LogP contribution in [0.25, 0.3) is 17.1 Å². The largest absolute Gasteiger partial charge is 0.378 e. The first-order valence-electron chi connectivity index (χ1n) is 12.1. The molecule has 0 aliphatic carbocycles. The highest BCUT2D eigenvalue weighted by atomic mass is 16.5. The fourth-order valence-electron chi connectivity index (χ4n) is 4.16. The summed E-state index contributed by atoms with van der Waals surface area (Å²) < 4.78 is 7.04. The SMILES string of the molecule is CN(CC(=O)Nc1ccc(N2CCOCC2)cc1)C(=O)c1nc(-c2ccccc2)n(-c2ccccc2)n1. The van der Waals surface area contributed by atoms with Gasteiger partial charge < -0.3 is 19.9 Å². The topological polar surface area (TPSA) is 92.6 Å². The fraction of sp³-hybridized carbons (Fsp3) is 0.214. The minimum Gasteiger partial charge on any atom is -0.378 e. The Balaban J connectivity index is 1.27. The Labute approximate surface area is 215 Å². The van der Waals surface area contributed by atoms with E-state index in [4.69, 9.17) is 4.74 Å². The molecule has 4 aromatic rings. The van der Waals surface area contributed by atoms with E-state index < -0.39 is 5.91 Å². The minimum atomic E-state index is -0.440. The summed E-state index contributed by atoms with van der Waals surface area (Å²) >= 11 is 0. The van der Waals surface area contributed by atoms with Crippen molar-refractivity contribution in [3.63, 3.8) is 0 Å². The average Bonchev–Trinajstić information content (AvgIpc) is 3.40. The quantitative estimate of drug-likeness (QED) is 0.421. The molecular weight excluding hydrogens is 468 g/mol. The molecule has 1 saturated heterocycles. The van der Waals surface area contributed by atoms with Crippen LogP contribution >= 0.6 is 0 Å². The lowest BCUT2D eigenvalue weighted by Crippen LogP contribution is -2.36. The molecule has 1 aliphatic heterocycles. The van der Waals surface area contributed by atoms with Crippen LogP contribution < -0.4 is 10.2 Å². The van der Waals surface area contributed by atoms with Crippen LogP contribution in [0.5, 0.6) is 0 Å². The molecule has 9 heteroatoms. The summed E-state index contributed by atoms with van der Waals surface area (Å²) in [6, 6.07) is 26.7. The van der Waals surface area contributed by atoms with E-state index in [1.807, 2.05) is 84.9 Å². The van der Waals surface area contributed by atoms with Gasteiger partial charge in [0, 0.05) is 37.1 Å². The van der Waals surface area contributed by atoms with E-state index in [1.165, 1.54) is 4.90 Å². The maximum atomic E-state index is 13.2. The van der Waals surface area contributed by atoms with Gasteiger partial charge in [0.2, 0.25) is 11.7 Å².